The number of likely N-dealkylation sites (tertiary alicyclic amines) is 1. The Hall–Kier alpha value is -3.29. The molecule has 2 fully saturated rings. The number of hydrogen-bond acceptors (Lipinski definition) is 5. The molecule has 0 bridgehead atoms. The van der Waals surface area contributed by atoms with E-state index in [4.69, 9.17) is 21.6 Å². The first-order chi connectivity index (χ1) is 17.1. The number of nitrogens with one attached hydrogen (secondary N) is 1. The number of imidazole rings is 1. The van der Waals surface area contributed by atoms with Crippen molar-refractivity contribution < 1.29 is 4.79 Å². The molecule has 3 atom stereocenters. The summed E-state index contributed by atoms with van der Waals surface area (Å²) in [5, 5.41) is 4.19. The molecule has 7 nitrogen and oxygen atoms in total. The number of nitrogens with zero attached hydrogens (tertiary/aromatic N) is 5. The van der Waals surface area contributed by atoms with Crippen molar-refractivity contribution in [1.82, 2.24) is 29.7 Å². The highest BCUT2D eigenvalue weighted by molar-refractivity contribution is 6.30. The molecule has 8 heteroatoms. The molecule has 1 aromatic carbocycles. The SMILES string of the molecule is Cc1nc2ncc(C3CN(Cc4cccnc4)C(=O)C4NCCC43)cc2n1Cc1ccc(Cl)cc1. The van der Waals surface area contributed by atoms with Crippen LogP contribution in [0.15, 0.2) is 61.1 Å². The number of pyridine rings is 2. The number of hydrogen-bond donors (Lipinski definition) is 1. The van der Waals surface area contributed by atoms with Crippen molar-refractivity contribution in [2.24, 2.45) is 5.92 Å². The zero-order chi connectivity index (χ0) is 23.9. The van der Waals surface area contributed by atoms with E-state index in [1.165, 1.54) is 0 Å². The fraction of sp³-hybridized carbons (Fsp3) is 0.333. The predicted octanol–water partition coefficient (Wildman–Crippen LogP) is 3.94. The topological polar surface area (TPSA) is 75.9 Å². The Kier molecular flexibility index (Phi) is 5.74. The predicted molar refractivity (Wildman–Crippen MR) is 135 cm³/mol. The summed E-state index contributed by atoms with van der Waals surface area (Å²) in [5.41, 5.74) is 5.14. The minimum absolute atomic E-state index is 0.151. The molecular formula is C27H27ClN6O. The van der Waals surface area contributed by atoms with Crippen LogP contribution in [0.25, 0.3) is 11.2 Å². The minimum Gasteiger partial charge on any atom is -0.336 e. The van der Waals surface area contributed by atoms with Crippen molar-refractivity contribution >= 4 is 28.7 Å². The van der Waals surface area contributed by atoms with Crippen LogP contribution in [0.2, 0.25) is 5.02 Å². The summed E-state index contributed by atoms with van der Waals surface area (Å²) in [4.78, 5) is 28.9. The van der Waals surface area contributed by atoms with E-state index in [-0.39, 0.29) is 23.8 Å². The molecule has 0 saturated carbocycles. The molecule has 2 aliphatic rings. The van der Waals surface area contributed by atoms with Crippen molar-refractivity contribution in [3.8, 4) is 0 Å². The first-order valence-corrected chi connectivity index (χ1v) is 12.4. The average Bonchev–Trinajstić information content (AvgIpc) is 3.48. The number of aryl methyl sites for hydroxylation is 1. The van der Waals surface area contributed by atoms with Gasteiger partial charge in [-0.2, -0.15) is 0 Å². The maximum absolute atomic E-state index is 13.3. The number of halogens is 1. The Morgan fingerprint density at radius 1 is 1.11 bits per heavy atom. The van der Waals surface area contributed by atoms with Gasteiger partial charge in [-0.3, -0.25) is 9.78 Å². The molecule has 0 aliphatic carbocycles. The van der Waals surface area contributed by atoms with Gasteiger partial charge in [-0.15, -0.1) is 0 Å². The molecule has 4 aromatic rings. The van der Waals surface area contributed by atoms with Crippen LogP contribution in [0.3, 0.4) is 0 Å². The molecule has 2 saturated heterocycles. The molecule has 0 spiro atoms. The van der Waals surface area contributed by atoms with Crippen LogP contribution in [0.4, 0.5) is 0 Å². The lowest BCUT2D eigenvalue weighted by atomic mass is 9.78. The largest absolute Gasteiger partial charge is 0.336 e. The lowest BCUT2D eigenvalue weighted by molar-refractivity contribution is -0.138. The van der Waals surface area contributed by atoms with Gasteiger partial charge in [-0.1, -0.05) is 29.8 Å². The molecule has 5 heterocycles. The Labute approximate surface area is 209 Å². The van der Waals surface area contributed by atoms with Gasteiger partial charge in [0.15, 0.2) is 5.65 Å². The van der Waals surface area contributed by atoms with Crippen LogP contribution >= 0.6 is 11.6 Å². The van der Waals surface area contributed by atoms with Crippen LogP contribution < -0.4 is 5.32 Å². The third-order valence-electron chi connectivity index (χ3n) is 7.38. The van der Waals surface area contributed by atoms with Gasteiger partial charge >= 0.3 is 0 Å². The molecular weight excluding hydrogens is 460 g/mol. The Bertz CT molecular complexity index is 1370. The molecule has 2 aliphatic heterocycles. The van der Waals surface area contributed by atoms with Gasteiger partial charge in [0.25, 0.3) is 0 Å². The fourth-order valence-electron chi connectivity index (χ4n) is 5.60. The minimum atomic E-state index is -0.151. The molecule has 1 amide bonds. The van der Waals surface area contributed by atoms with Crippen LogP contribution in [-0.4, -0.2) is 49.5 Å². The van der Waals surface area contributed by atoms with Crippen molar-refractivity contribution in [2.75, 3.05) is 13.1 Å². The van der Waals surface area contributed by atoms with Crippen molar-refractivity contribution in [3.05, 3.63) is 88.6 Å². The maximum atomic E-state index is 13.3. The zero-order valence-electron chi connectivity index (χ0n) is 19.6. The van der Waals surface area contributed by atoms with E-state index in [1.54, 1.807) is 6.20 Å². The van der Waals surface area contributed by atoms with Gasteiger partial charge in [-0.25, -0.2) is 9.97 Å². The van der Waals surface area contributed by atoms with E-state index in [1.807, 2.05) is 60.6 Å². The summed E-state index contributed by atoms with van der Waals surface area (Å²) < 4.78 is 2.21. The molecule has 1 N–H and O–H groups in total. The number of benzene rings is 1. The second kappa shape index (κ2) is 9.06. The van der Waals surface area contributed by atoms with Gasteiger partial charge < -0.3 is 14.8 Å². The Balaban J connectivity index is 1.34. The van der Waals surface area contributed by atoms with Crippen molar-refractivity contribution in [1.29, 1.82) is 0 Å². The summed E-state index contributed by atoms with van der Waals surface area (Å²) in [5.74, 6) is 1.59. The second-order valence-corrected chi connectivity index (χ2v) is 9.99. The van der Waals surface area contributed by atoms with E-state index in [2.05, 4.69) is 20.9 Å². The second-order valence-electron chi connectivity index (χ2n) is 9.55. The number of rotatable bonds is 5. The Morgan fingerprint density at radius 3 is 2.77 bits per heavy atom. The Morgan fingerprint density at radius 2 is 1.97 bits per heavy atom. The van der Waals surface area contributed by atoms with Gasteiger partial charge in [-0.05, 0) is 66.8 Å². The van der Waals surface area contributed by atoms with E-state index in [0.717, 1.165) is 51.7 Å². The number of amides is 1. The van der Waals surface area contributed by atoms with Crippen molar-refractivity contribution in [3.63, 3.8) is 0 Å². The monoisotopic (exact) mass is 486 g/mol. The highest BCUT2D eigenvalue weighted by Gasteiger charge is 2.45. The summed E-state index contributed by atoms with van der Waals surface area (Å²) in [6.07, 6.45) is 6.54. The van der Waals surface area contributed by atoms with E-state index in [9.17, 15) is 4.79 Å². The molecule has 3 unspecified atom stereocenters. The third-order valence-corrected chi connectivity index (χ3v) is 7.63. The third kappa shape index (κ3) is 4.19. The van der Waals surface area contributed by atoms with E-state index < -0.39 is 0 Å². The quantitative estimate of drug-likeness (QED) is 0.462. The van der Waals surface area contributed by atoms with E-state index >= 15 is 0 Å². The molecule has 0 radical (unpaired) electrons. The smallest absolute Gasteiger partial charge is 0.240 e. The highest BCUT2D eigenvalue weighted by Crippen LogP contribution is 2.39. The summed E-state index contributed by atoms with van der Waals surface area (Å²) in [6.45, 7) is 4.82. The normalized spacial score (nSPS) is 22.1. The number of piperidine rings is 1. The fourth-order valence-corrected chi connectivity index (χ4v) is 5.73. The summed E-state index contributed by atoms with van der Waals surface area (Å²) >= 11 is 6.08. The first-order valence-electron chi connectivity index (χ1n) is 12.0. The van der Waals surface area contributed by atoms with Gasteiger partial charge in [0, 0.05) is 49.2 Å². The van der Waals surface area contributed by atoms with Crippen LogP contribution in [0.1, 0.15) is 34.9 Å². The molecule has 178 valence electrons. The summed E-state index contributed by atoms with van der Waals surface area (Å²) in [6, 6.07) is 13.9. The number of carbonyl (C=O) groups is 1. The lowest BCUT2D eigenvalue weighted by Crippen LogP contribution is -2.54. The maximum Gasteiger partial charge on any atom is 0.240 e. The molecule has 3 aromatic heterocycles. The number of aromatic nitrogens is 4. The van der Waals surface area contributed by atoms with Crippen LogP contribution in [0.5, 0.6) is 0 Å². The standard InChI is InChI=1S/C27H27ClN6O/c1-17-32-26-24(34(17)15-18-4-6-21(28)7-5-18)11-20(13-31-26)23-16-33(14-19-3-2-9-29-12-19)27(35)25-22(23)8-10-30-25/h2-7,9,11-13,22-23,25,30H,8,10,14-16H2,1H3. The average molecular weight is 487 g/mol. The van der Waals surface area contributed by atoms with Gasteiger partial charge in [0.05, 0.1) is 11.6 Å². The van der Waals surface area contributed by atoms with Crippen molar-refractivity contribution in [2.45, 2.75) is 38.4 Å². The number of carbonyl (C=O) groups excluding carboxylic acids is 1. The van der Waals surface area contributed by atoms with Gasteiger partial charge in [0.2, 0.25) is 5.91 Å². The molecule has 6 rings (SSSR count). The van der Waals surface area contributed by atoms with Crippen LogP contribution in [-0.2, 0) is 17.9 Å². The summed E-state index contributed by atoms with van der Waals surface area (Å²) in [7, 11) is 0. The molecule has 35 heavy (non-hydrogen) atoms. The van der Waals surface area contributed by atoms with Gasteiger partial charge in [0.1, 0.15) is 5.82 Å². The zero-order valence-corrected chi connectivity index (χ0v) is 20.3. The lowest BCUT2D eigenvalue weighted by Gasteiger charge is -2.40. The van der Waals surface area contributed by atoms with Crippen LogP contribution in [0, 0.1) is 12.8 Å². The van der Waals surface area contributed by atoms with E-state index in [0.29, 0.717) is 19.6 Å². The highest BCUT2D eigenvalue weighted by atomic mass is 35.5. The first kappa shape index (κ1) is 22.2. The number of fused-ring (bicyclic) bond motifs is 2.